The van der Waals surface area contributed by atoms with Crippen molar-refractivity contribution >= 4 is 11.2 Å². The smallest absolute Gasteiger partial charge is 0.363 e. The number of aromatic nitrogens is 4. The SMILES string of the molecule is Cn1c(=O)n(C)c2c(=O)n(O)c(=O)[nH]c21. The molecule has 0 aliphatic rings. The zero-order valence-electron chi connectivity index (χ0n) is 8.01. The molecule has 0 radical (unpaired) electrons. The topological polar surface area (TPSA) is 102 Å². The molecule has 8 nitrogen and oxygen atoms in total. The van der Waals surface area contributed by atoms with Crippen LogP contribution in [0.5, 0.6) is 0 Å². The van der Waals surface area contributed by atoms with Crippen molar-refractivity contribution in [3.05, 3.63) is 31.3 Å². The molecule has 2 rings (SSSR count). The molecule has 0 amide bonds. The van der Waals surface area contributed by atoms with Crippen LogP contribution in [0.2, 0.25) is 0 Å². The normalized spacial score (nSPS) is 11.1. The fraction of sp³-hybridized carbons (Fsp3) is 0.286. The number of hydrogen-bond acceptors (Lipinski definition) is 4. The molecule has 2 N–H and O–H groups in total. The largest absolute Gasteiger partial charge is 0.421 e. The predicted octanol–water partition coefficient (Wildman–Crippen LogP) is -2.04. The molecule has 2 aromatic rings. The van der Waals surface area contributed by atoms with E-state index in [2.05, 4.69) is 4.98 Å². The summed E-state index contributed by atoms with van der Waals surface area (Å²) in [6.07, 6.45) is 0. The van der Waals surface area contributed by atoms with Gasteiger partial charge in [0.15, 0.2) is 5.52 Å². The second-order valence-corrected chi connectivity index (χ2v) is 3.14. The van der Waals surface area contributed by atoms with E-state index < -0.39 is 16.9 Å². The van der Waals surface area contributed by atoms with Gasteiger partial charge in [0, 0.05) is 14.1 Å². The predicted molar refractivity (Wildman–Crippen MR) is 50.2 cm³/mol. The van der Waals surface area contributed by atoms with Gasteiger partial charge in [-0.2, -0.15) is 0 Å². The third-order valence-corrected chi connectivity index (χ3v) is 2.28. The monoisotopic (exact) mass is 212 g/mol. The molecule has 0 unspecified atom stereocenters. The molecule has 0 saturated carbocycles. The van der Waals surface area contributed by atoms with Gasteiger partial charge in [-0.1, -0.05) is 4.73 Å². The van der Waals surface area contributed by atoms with Crippen molar-refractivity contribution in [2.45, 2.75) is 0 Å². The Balaban J connectivity index is 3.29. The summed E-state index contributed by atoms with van der Waals surface area (Å²) in [5.41, 5.74) is -2.32. The van der Waals surface area contributed by atoms with Crippen LogP contribution in [-0.4, -0.2) is 24.1 Å². The Morgan fingerprint density at radius 2 is 1.73 bits per heavy atom. The summed E-state index contributed by atoms with van der Waals surface area (Å²) < 4.78 is 2.11. The molecule has 0 spiro atoms. The fourth-order valence-corrected chi connectivity index (χ4v) is 1.47. The van der Waals surface area contributed by atoms with Crippen LogP contribution in [0.4, 0.5) is 0 Å². The first-order chi connectivity index (χ1) is 6.95. The van der Waals surface area contributed by atoms with Crippen molar-refractivity contribution in [2.75, 3.05) is 0 Å². The Kier molecular flexibility index (Phi) is 1.63. The molecule has 0 atom stereocenters. The molecule has 8 heteroatoms. The van der Waals surface area contributed by atoms with Gasteiger partial charge in [-0.3, -0.25) is 18.9 Å². The maximum absolute atomic E-state index is 11.5. The van der Waals surface area contributed by atoms with E-state index in [1.54, 1.807) is 0 Å². The highest BCUT2D eigenvalue weighted by atomic mass is 16.5. The van der Waals surface area contributed by atoms with E-state index in [0.717, 1.165) is 9.13 Å². The number of nitrogens with one attached hydrogen (secondary N) is 1. The van der Waals surface area contributed by atoms with Gasteiger partial charge in [0.1, 0.15) is 5.65 Å². The number of aryl methyl sites for hydroxylation is 2. The summed E-state index contributed by atoms with van der Waals surface area (Å²) in [5.74, 6) is 0. The molecule has 0 aliphatic heterocycles. The molecule has 0 fully saturated rings. The van der Waals surface area contributed by atoms with Crippen LogP contribution in [0.25, 0.3) is 11.2 Å². The van der Waals surface area contributed by atoms with Gasteiger partial charge in [0.25, 0.3) is 0 Å². The highest BCUT2D eigenvalue weighted by Crippen LogP contribution is 1.98. The van der Waals surface area contributed by atoms with Gasteiger partial charge < -0.3 is 5.21 Å². The number of aromatic amines is 1. The van der Waals surface area contributed by atoms with Crippen molar-refractivity contribution in [1.29, 1.82) is 0 Å². The number of imidazole rings is 1. The van der Waals surface area contributed by atoms with E-state index in [4.69, 9.17) is 5.21 Å². The Hall–Kier alpha value is -2.25. The van der Waals surface area contributed by atoms with Crippen LogP contribution < -0.4 is 16.9 Å². The quantitative estimate of drug-likeness (QED) is 0.491. The average molecular weight is 212 g/mol. The molecule has 15 heavy (non-hydrogen) atoms. The minimum atomic E-state index is -0.978. The highest BCUT2D eigenvalue weighted by Gasteiger charge is 2.15. The minimum Gasteiger partial charge on any atom is -0.421 e. The first-order valence-electron chi connectivity index (χ1n) is 4.05. The van der Waals surface area contributed by atoms with Gasteiger partial charge in [-0.15, -0.1) is 0 Å². The van der Waals surface area contributed by atoms with Crippen LogP contribution in [0, 0.1) is 0 Å². The van der Waals surface area contributed by atoms with Crippen molar-refractivity contribution in [1.82, 2.24) is 18.8 Å². The zero-order chi connectivity index (χ0) is 11.3. The van der Waals surface area contributed by atoms with Crippen LogP contribution in [0.1, 0.15) is 0 Å². The Bertz CT molecular complexity index is 713. The van der Waals surface area contributed by atoms with Crippen LogP contribution in [0.3, 0.4) is 0 Å². The Morgan fingerprint density at radius 1 is 1.13 bits per heavy atom. The maximum Gasteiger partial charge on any atom is 0.363 e. The first-order valence-corrected chi connectivity index (χ1v) is 4.05. The van der Waals surface area contributed by atoms with E-state index in [0.29, 0.717) is 0 Å². The lowest BCUT2D eigenvalue weighted by molar-refractivity contribution is 0.162. The lowest BCUT2D eigenvalue weighted by Gasteiger charge is -1.96. The van der Waals surface area contributed by atoms with Gasteiger partial charge >= 0.3 is 16.9 Å². The molecule has 0 aromatic carbocycles. The van der Waals surface area contributed by atoms with Gasteiger partial charge in [0.05, 0.1) is 0 Å². The van der Waals surface area contributed by atoms with Crippen LogP contribution in [0.15, 0.2) is 14.4 Å². The van der Waals surface area contributed by atoms with Gasteiger partial charge in [-0.05, 0) is 0 Å². The van der Waals surface area contributed by atoms with Crippen molar-refractivity contribution < 1.29 is 5.21 Å². The summed E-state index contributed by atoms with van der Waals surface area (Å²) in [4.78, 5) is 36.2. The van der Waals surface area contributed by atoms with E-state index >= 15 is 0 Å². The average Bonchev–Trinajstić information content (AvgIpc) is 2.40. The molecule has 0 bridgehead atoms. The number of nitrogens with zero attached hydrogens (tertiary/aromatic N) is 3. The first kappa shape index (κ1) is 9.31. The van der Waals surface area contributed by atoms with Gasteiger partial charge in [0.2, 0.25) is 0 Å². The van der Waals surface area contributed by atoms with E-state index in [9.17, 15) is 14.4 Å². The molecule has 2 heterocycles. The molecule has 80 valence electrons. The summed E-state index contributed by atoms with van der Waals surface area (Å²) in [6, 6.07) is 0. The second-order valence-electron chi connectivity index (χ2n) is 3.14. The number of rotatable bonds is 0. The lowest BCUT2D eigenvalue weighted by atomic mass is 10.5. The van der Waals surface area contributed by atoms with Crippen molar-refractivity contribution in [3.63, 3.8) is 0 Å². The fourth-order valence-electron chi connectivity index (χ4n) is 1.47. The zero-order valence-corrected chi connectivity index (χ0v) is 8.01. The summed E-state index contributed by atoms with van der Waals surface area (Å²) in [5, 5.41) is 9.06. The Labute approximate surface area is 81.6 Å². The summed E-state index contributed by atoms with van der Waals surface area (Å²) in [7, 11) is 2.80. The maximum atomic E-state index is 11.5. The highest BCUT2D eigenvalue weighted by molar-refractivity contribution is 5.69. The number of H-pyrrole nitrogens is 1. The van der Waals surface area contributed by atoms with Crippen LogP contribution >= 0.6 is 0 Å². The van der Waals surface area contributed by atoms with Crippen LogP contribution in [-0.2, 0) is 14.1 Å². The molecular formula is C7H8N4O4. The Morgan fingerprint density at radius 3 is 2.33 bits per heavy atom. The third kappa shape index (κ3) is 0.981. The minimum absolute atomic E-state index is 0.0513. The second kappa shape index (κ2) is 2.62. The summed E-state index contributed by atoms with van der Waals surface area (Å²) in [6.45, 7) is 0. The van der Waals surface area contributed by atoms with E-state index in [1.807, 2.05) is 0 Å². The number of hydrogen-bond donors (Lipinski definition) is 2. The van der Waals surface area contributed by atoms with E-state index in [1.165, 1.54) is 14.1 Å². The molecular weight excluding hydrogens is 204 g/mol. The summed E-state index contributed by atoms with van der Waals surface area (Å²) >= 11 is 0. The number of fused-ring (bicyclic) bond motifs is 1. The standard InChI is InChI=1S/C7H8N4O4/c1-9-3-4(10(2)7(9)14)8-6(13)11(15)5(3)12/h15H,1-2H3,(H,8,13). The van der Waals surface area contributed by atoms with Gasteiger partial charge in [-0.25, -0.2) is 9.59 Å². The molecule has 2 aromatic heterocycles. The molecule has 0 aliphatic carbocycles. The third-order valence-electron chi connectivity index (χ3n) is 2.28. The van der Waals surface area contributed by atoms with Crippen molar-refractivity contribution in [2.24, 2.45) is 14.1 Å². The lowest BCUT2D eigenvalue weighted by Crippen LogP contribution is -2.34. The molecule has 0 saturated heterocycles. The van der Waals surface area contributed by atoms with Crippen molar-refractivity contribution in [3.8, 4) is 0 Å². The van der Waals surface area contributed by atoms with E-state index in [-0.39, 0.29) is 15.9 Å².